The van der Waals surface area contributed by atoms with Crippen LogP contribution in [0.2, 0.25) is 10.0 Å². The zero-order chi connectivity index (χ0) is 24.7. The van der Waals surface area contributed by atoms with Crippen molar-refractivity contribution in [3.63, 3.8) is 0 Å². The largest absolute Gasteiger partial charge is 0.492 e. The van der Waals surface area contributed by atoms with Crippen molar-refractivity contribution >= 4 is 44.6 Å². The Morgan fingerprint density at radius 2 is 1.29 bits per heavy atom. The summed E-state index contributed by atoms with van der Waals surface area (Å²) in [7, 11) is 1.94. The fourth-order valence-corrected chi connectivity index (χ4v) is 5.07. The highest BCUT2D eigenvalue weighted by Gasteiger charge is 2.27. The molecule has 0 aliphatic heterocycles. The molecule has 0 aliphatic carbocycles. The number of para-hydroxylation sites is 2. The number of nitrogens with zero attached hydrogens (tertiary/aromatic N) is 3. The summed E-state index contributed by atoms with van der Waals surface area (Å²) in [6.07, 6.45) is 0. The van der Waals surface area contributed by atoms with Gasteiger partial charge >= 0.3 is 0 Å². The molecule has 0 fully saturated rings. The molecule has 0 unspecified atom stereocenters. The van der Waals surface area contributed by atoms with Gasteiger partial charge in [0, 0.05) is 30.2 Å². The van der Waals surface area contributed by atoms with E-state index in [1.54, 1.807) is 24.3 Å². The molecular formula is C25H29Cl2N3O3S. The first-order chi connectivity index (χ1) is 16.2. The lowest BCUT2D eigenvalue weighted by Gasteiger charge is -2.31. The molecule has 0 radical (unpaired) electrons. The van der Waals surface area contributed by atoms with Crippen LogP contribution in [-0.4, -0.2) is 60.7 Å². The molecule has 34 heavy (non-hydrogen) atoms. The van der Waals surface area contributed by atoms with Crippen LogP contribution in [0.1, 0.15) is 0 Å². The maximum atomic E-state index is 13.7. The number of likely N-dealkylation sites (N-methyl/N-ethyl adjacent to an activating group) is 2. The highest BCUT2D eigenvalue weighted by molar-refractivity contribution is 7.92. The SMILES string of the molecule is CN(C)CCN(c1ccccc1N(C)CCOc1ccc(Cl)cc1)S(=O)(=O)c1ccc(Cl)cc1. The van der Waals surface area contributed by atoms with Gasteiger partial charge in [-0.05, 0) is 74.8 Å². The van der Waals surface area contributed by atoms with E-state index in [1.165, 1.54) is 16.4 Å². The van der Waals surface area contributed by atoms with Crippen molar-refractivity contribution in [3.8, 4) is 5.75 Å². The lowest BCUT2D eigenvalue weighted by molar-refractivity contribution is 0.326. The lowest BCUT2D eigenvalue weighted by Crippen LogP contribution is -2.38. The summed E-state index contributed by atoms with van der Waals surface area (Å²) < 4.78 is 34.6. The maximum Gasteiger partial charge on any atom is 0.264 e. The second-order valence-electron chi connectivity index (χ2n) is 8.05. The van der Waals surface area contributed by atoms with Crippen molar-refractivity contribution in [3.05, 3.63) is 82.8 Å². The molecule has 0 spiro atoms. The summed E-state index contributed by atoms with van der Waals surface area (Å²) >= 11 is 11.9. The van der Waals surface area contributed by atoms with Crippen molar-refractivity contribution in [1.29, 1.82) is 0 Å². The Balaban J connectivity index is 1.86. The highest BCUT2D eigenvalue weighted by atomic mass is 35.5. The third-order valence-electron chi connectivity index (χ3n) is 5.22. The van der Waals surface area contributed by atoms with Gasteiger partial charge in [0.1, 0.15) is 12.4 Å². The number of halogens is 2. The summed E-state index contributed by atoms with van der Waals surface area (Å²) in [5, 5.41) is 1.14. The quantitative estimate of drug-likeness (QED) is 0.344. The zero-order valence-electron chi connectivity index (χ0n) is 19.5. The van der Waals surface area contributed by atoms with Crippen LogP contribution in [0.25, 0.3) is 0 Å². The van der Waals surface area contributed by atoms with Gasteiger partial charge in [0.15, 0.2) is 0 Å². The molecule has 3 aromatic carbocycles. The van der Waals surface area contributed by atoms with E-state index in [4.69, 9.17) is 27.9 Å². The van der Waals surface area contributed by atoms with Crippen LogP contribution in [0, 0.1) is 0 Å². The Hall–Kier alpha value is -2.45. The fraction of sp³-hybridized carbons (Fsp3) is 0.280. The molecule has 0 saturated heterocycles. The Kier molecular flexibility index (Phi) is 9.08. The van der Waals surface area contributed by atoms with Crippen LogP contribution in [-0.2, 0) is 10.0 Å². The molecule has 0 aliphatic rings. The molecule has 182 valence electrons. The minimum atomic E-state index is -3.81. The number of sulfonamides is 1. The summed E-state index contributed by atoms with van der Waals surface area (Å²) in [6, 6.07) is 20.9. The van der Waals surface area contributed by atoms with Gasteiger partial charge in [0.25, 0.3) is 10.0 Å². The topological polar surface area (TPSA) is 53.1 Å². The number of hydrogen-bond donors (Lipinski definition) is 0. The van der Waals surface area contributed by atoms with E-state index in [1.807, 2.05) is 67.3 Å². The fourth-order valence-electron chi connectivity index (χ4n) is 3.34. The zero-order valence-corrected chi connectivity index (χ0v) is 21.8. The molecule has 9 heteroatoms. The minimum Gasteiger partial charge on any atom is -0.492 e. The van der Waals surface area contributed by atoms with Crippen molar-refractivity contribution in [2.24, 2.45) is 0 Å². The second kappa shape index (κ2) is 11.8. The normalized spacial score (nSPS) is 11.5. The molecule has 3 rings (SSSR count). The maximum absolute atomic E-state index is 13.7. The molecule has 0 aromatic heterocycles. The van der Waals surface area contributed by atoms with Gasteiger partial charge in [-0.15, -0.1) is 0 Å². The Morgan fingerprint density at radius 1 is 0.735 bits per heavy atom. The van der Waals surface area contributed by atoms with Gasteiger partial charge in [0.2, 0.25) is 0 Å². The van der Waals surface area contributed by atoms with Crippen molar-refractivity contribution in [2.45, 2.75) is 4.90 Å². The van der Waals surface area contributed by atoms with Gasteiger partial charge in [-0.1, -0.05) is 35.3 Å². The third kappa shape index (κ3) is 6.79. The number of benzene rings is 3. The monoisotopic (exact) mass is 521 g/mol. The van der Waals surface area contributed by atoms with Gasteiger partial charge in [-0.25, -0.2) is 8.42 Å². The van der Waals surface area contributed by atoms with Crippen LogP contribution in [0.4, 0.5) is 11.4 Å². The lowest BCUT2D eigenvalue weighted by atomic mass is 10.2. The minimum absolute atomic E-state index is 0.194. The van der Waals surface area contributed by atoms with Crippen molar-refractivity contribution in [1.82, 2.24) is 4.90 Å². The summed E-state index contributed by atoms with van der Waals surface area (Å²) in [5.41, 5.74) is 1.40. The second-order valence-corrected chi connectivity index (χ2v) is 10.8. The third-order valence-corrected chi connectivity index (χ3v) is 7.55. The van der Waals surface area contributed by atoms with E-state index < -0.39 is 10.0 Å². The van der Waals surface area contributed by atoms with Crippen LogP contribution in [0.5, 0.6) is 5.75 Å². The van der Waals surface area contributed by atoms with E-state index in [0.717, 1.165) is 11.4 Å². The van der Waals surface area contributed by atoms with Crippen LogP contribution < -0.4 is 13.9 Å². The van der Waals surface area contributed by atoms with Crippen molar-refractivity contribution < 1.29 is 13.2 Å². The van der Waals surface area contributed by atoms with E-state index >= 15 is 0 Å². The Bertz CT molecular complexity index is 1170. The van der Waals surface area contributed by atoms with E-state index in [2.05, 4.69) is 0 Å². The first-order valence-corrected chi connectivity index (χ1v) is 13.0. The number of ether oxygens (including phenoxy) is 1. The molecule has 0 heterocycles. The summed E-state index contributed by atoms with van der Waals surface area (Å²) in [6.45, 7) is 1.84. The highest BCUT2D eigenvalue weighted by Crippen LogP contribution is 2.33. The molecule has 0 atom stereocenters. The van der Waals surface area contributed by atoms with E-state index in [-0.39, 0.29) is 4.90 Å². The molecule has 0 amide bonds. The van der Waals surface area contributed by atoms with Gasteiger partial charge in [-0.2, -0.15) is 0 Å². The number of rotatable bonds is 11. The van der Waals surface area contributed by atoms with Crippen LogP contribution >= 0.6 is 23.2 Å². The average molecular weight is 522 g/mol. The van der Waals surface area contributed by atoms with Gasteiger partial charge < -0.3 is 14.5 Å². The standard InChI is InChI=1S/C25H29Cl2N3O3S/c1-28(2)16-17-30(34(31,32)23-14-10-21(27)11-15-23)25-7-5-4-6-24(25)29(3)18-19-33-22-12-8-20(26)9-13-22/h4-15H,16-19H2,1-3H3. The number of anilines is 2. The van der Waals surface area contributed by atoms with E-state index in [0.29, 0.717) is 42.0 Å². The van der Waals surface area contributed by atoms with Crippen LogP contribution in [0.3, 0.4) is 0 Å². The van der Waals surface area contributed by atoms with Gasteiger partial charge in [0.05, 0.1) is 22.8 Å². The predicted molar refractivity (Wildman–Crippen MR) is 141 cm³/mol. The molecule has 0 bridgehead atoms. The molecule has 3 aromatic rings. The van der Waals surface area contributed by atoms with E-state index in [9.17, 15) is 8.42 Å². The van der Waals surface area contributed by atoms with Gasteiger partial charge in [-0.3, -0.25) is 4.31 Å². The summed E-state index contributed by atoms with van der Waals surface area (Å²) in [5.74, 6) is 0.726. The molecule has 0 saturated carbocycles. The average Bonchev–Trinajstić information content (AvgIpc) is 2.80. The molecule has 6 nitrogen and oxygen atoms in total. The summed E-state index contributed by atoms with van der Waals surface area (Å²) in [4.78, 5) is 4.14. The Labute approximate surface area is 212 Å². The molecular weight excluding hydrogens is 493 g/mol. The number of hydrogen-bond acceptors (Lipinski definition) is 5. The Morgan fingerprint density at radius 3 is 1.88 bits per heavy atom. The van der Waals surface area contributed by atoms with Crippen molar-refractivity contribution in [2.75, 3.05) is 56.6 Å². The predicted octanol–water partition coefficient (Wildman–Crippen LogP) is 5.27. The smallest absolute Gasteiger partial charge is 0.264 e. The first-order valence-electron chi connectivity index (χ1n) is 10.8. The first kappa shape index (κ1) is 26.2. The van der Waals surface area contributed by atoms with Crippen LogP contribution in [0.15, 0.2) is 77.7 Å². The molecule has 0 N–H and O–H groups in total.